The van der Waals surface area contributed by atoms with E-state index in [0.29, 0.717) is 5.75 Å². The Kier molecular flexibility index (Phi) is 4.72. The predicted octanol–water partition coefficient (Wildman–Crippen LogP) is 2.60. The standard InChI is InChI=1S/C15H14N2O3/c18-15(19)11-20-14-8-6-12(7-9-14)10-16-17-13-4-2-1-3-5-13/h1-10,17H,11H2,(H,18,19)/b16-10+. The van der Waals surface area contributed by atoms with Crippen LogP contribution in [0.2, 0.25) is 0 Å². The van der Waals surface area contributed by atoms with Gasteiger partial charge in [0.25, 0.3) is 0 Å². The normalized spacial score (nSPS) is 10.4. The minimum absolute atomic E-state index is 0.344. The molecule has 0 spiro atoms. The van der Waals surface area contributed by atoms with E-state index < -0.39 is 5.97 Å². The Labute approximate surface area is 116 Å². The maximum absolute atomic E-state index is 10.4. The number of ether oxygens (including phenoxy) is 1. The van der Waals surface area contributed by atoms with Gasteiger partial charge >= 0.3 is 5.97 Å². The van der Waals surface area contributed by atoms with Gasteiger partial charge < -0.3 is 9.84 Å². The van der Waals surface area contributed by atoms with Gasteiger partial charge in [-0.15, -0.1) is 0 Å². The number of carbonyl (C=O) groups is 1. The van der Waals surface area contributed by atoms with Gasteiger partial charge in [0, 0.05) is 0 Å². The van der Waals surface area contributed by atoms with Gasteiger partial charge in [-0.3, -0.25) is 5.43 Å². The molecule has 0 aliphatic heterocycles. The highest BCUT2D eigenvalue weighted by Gasteiger charge is 1.98. The highest BCUT2D eigenvalue weighted by Crippen LogP contribution is 2.11. The number of nitrogens with zero attached hydrogens (tertiary/aromatic N) is 1. The maximum atomic E-state index is 10.4. The summed E-state index contributed by atoms with van der Waals surface area (Å²) in [4.78, 5) is 10.4. The topological polar surface area (TPSA) is 70.9 Å². The van der Waals surface area contributed by atoms with Gasteiger partial charge in [0.15, 0.2) is 6.61 Å². The summed E-state index contributed by atoms with van der Waals surface area (Å²) in [6.07, 6.45) is 1.67. The van der Waals surface area contributed by atoms with Crippen LogP contribution in [-0.4, -0.2) is 23.9 Å². The molecule has 0 bridgehead atoms. The number of carboxylic acid groups (broad SMARTS) is 1. The van der Waals surface area contributed by atoms with Crippen molar-refractivity contribution in [2.24, 2.45) is 5.10 Å². The number of hydrazone groups is 1. The third-order valence-electron chi connectivity index (χ3n) is 2.42. The van der Waals surface area contributed by atoms with E-state index in [1.54, 1.807) is 30.5 Å². The lowest BCUT2D eigenvalue weighted by Gasteiger charge is -2.03. The second kappa shape index (κ2) is 6.94. The average Bonchev–Trinajstić information content (AvgIpc) is 2.47. The quantitative estimate of drug-likeness (QED) is 0.625. The summed E-state index contributed by atoms with van der Waals surface area (Å²) in [7, 11) is 0. The smallest absolute Gasteiger partial charge is 0.341 e. The molecule has 5 nitrogen and oxygen atoms in total. The molecule has 0 aliphatic rings. The van der Waals surface area contributed by atoms with Crippen LogP contribution in [0.5, 0.6) is 5.75 Å². The van der Waals surface area contributed by atoms with Crippen LogP contribution in [0.15, 0.2) is 59.7 Å². The fourth-order valence-corrected chi connectivity index (χ4v) is 1.49. The van der Waals surface area contributed by atoms with Crippen LogP contribution < -0.4 is 10.2 Å². The number of rotatable bonds is 6. The highest BCUT2D eigenvalue weighted by atomic mass is 16.5. The third-order valence-corrected chi connectivity index (χ3v) is 2.42. The molecular formula is C15H14N2O3. The number of anilines is 1. The van der Waals surface area contributed by atoms with Crippen molar-refractivity contribution in [3.05, 3.63) is 60.2 Å². The molecule has 0 saturated heterocycles. The van der Waals surface area contributed by atoms with Crippen molar-refractivity contribution in [2.75, 3.05) is 12.0 Å². The first-order valence-electron chi connectivity index (χ1n) is 6.03. The first-order chi connectivity index (χ1) is 9.74. The predicted molar refractivity (Wildman–Crippen MR) is 77.2 cm³/mol. The molecule has 0 saturated carbocycles. The molecule has 0 amide bonds. The molecule has 2 aromatic carbocycles. The number of hydrogen-bond donors (Lipinski definition) is 2. The monoisotopic (exact) mass is 270 g/mol. The number of carboxylic acids is 1. The van der Waals surface area contributed by atoms with E-state index in [1.807, 2.05) is 30.3 Å². The SMILES string of the molecule is O=C(O)COc1ccc(/C=N/Nc2ccccc2)cc1. The minimum atomic E-state index is -0.997. The fraction of sp³-hybridized carbons (Fsp3) is 0.0667. The lowest BCUT2D eigenvalue weighted by Crippen LogP contribution is -2.09. The molecule has 20 heavy (non-hydrogen) atoms. The molecule has 102 valence electrons. The van der Waals surface area contributed by atoms with Crippen molar-refractivity contribution >= 4 is 17.9 Å². The molecule has 0 aliphatic carbocycles. The Morgan fingerprint density at radius 2 is 1.85 bits per heavy atom. The van der Waals surface area contributed by atoms with Gasteiger partial charge in [-0.1, -0.05) is 18.2 Å². The molecule has 0 unspecified atom stereocenters. The molecule has 0 fully saturated rings. The van der Waals surface area contributed by atoms with Gasteiger partial charge in [0.2, 0.25) is 0 Å². The molecule has 2 rings (SSSR count). The van der Waals surface area contributed by atoms with E-state index in [4.69, 9.17) is 9.84 Å². The lowest BCUT2D eigenvalue weighted by molar-refractivity contribution is -0.139. The summed E-state index contributed by atoms with van der Waals surface area (Å²) in [5, 5.41) is 12.6. The average molecular weight is 270 g/mol. The highest BCUT2D eigenvalue weighted by molar-refractivity contribution is 5.80. The molecule has 5 heteroatoms. The Morgan fingerprint density at radius 1 is 1.15 bits per heavy atom. The van der Waals surface area contributed by atoms with Crippen molar-refractivity contribution in [3.8, 4) is 5.75 Å². The largest absolute Gasteiger partial charge is 0.482 e. The minimum Gasteiger partial charge on any atom is -0.482 e. The van der Waals surface area contributed by atoms with Crippen LogP contribution in [-0.2, 0) is 4.79 Å². The first-order valence-corrected chi connectivity index (χ1v) is 6.03. The molecule has 0 aromatic heterocycles. The maximum Gasteiger partial charge on any atom is 0.341 e. The second-order valence-electron chi connectivity index (χ2n) is 3.99. The number of nitrogens with one attached hydrogen (secondary N) is 1. The zero-order valence-electron chi connectivity index (χ0n) is 10.7. The van der Waals surface area contributed by atoms with E-state index in [-0.39, 0.29) is 6.61 Å². The van der Waals surface area contributed by atoms with Crippen molar-refractivity contribution in [2.45, 2.75) is 0 Å². The molecule has 0 heterocycles. The van der Waals surface area contributed by atoms with Crippen LogP contribution in [0, 0.1) is 0 Å². The third kappa shape index (κ3) is 4.45. The number of hydrogen-bond acceptors (Lipinski definition) is 4. The summed E-state index contributed by atoms with van der Waals surface area (Å²) in [5.41, 5.74) is 4.70. The number of aliphatic carboxylic acids is 1. The summed E-state index contributed by atoms with van der Waals surface area (Å²) >= 11 is 0. The molecule has 2 aromatic rings. The van der Waals surface area contributed by atoms with Crippen molar-refractivity contribution < 1.29 is 14.6 Å². The molecule has 0 radical (unpaired) electrons. The number of para-hydroxylation sites is 1. The Morgan fingerprint density at radius 3 is 2.50 bits per heavy atom. The van der Waals surface area contributed by atoms with E-state index in [1.165, 1.54) is 0 Å². The molecular weight excluding hydrogens is 256 g/mol. The van der Waals surface area contributed by atoms with Gasteiger partial charge in [-0.2, -0.15) is 5.10 Å². The van der Waals surface area contributed by atoms with Crippen LogP contribution in [0.25, 0.3) is 0 Å². The van der Waals surface area contributed by atoms with E-state index in [9.17, 15) is 4.79 Å². The van der Waals surface area contributed by atoms with Crippen LogP contribution in [0.4, 0.5) is 5.69 Å². The van der Waals surface area contributed by atoms with Crippen LogP contribution in [0.3, 0.4) is 0 Å². The Balaban J connectivity index is 1.88. The summed E-state index contributed by atoms with van der Waals surface area (Å²) < 4.78 is 5.04. The van der Waals surface area contributed by atoms with Crippen molar-refractivity contribution in [3.63, 3.8) is 0 Å². The van der Waals surface area contributed by atoms with Crippen LogP contribution in [0.1, 0.15) is 5.56 Å². The number of benzene rings is 2. The van der Waals surface area contributed by atoms with E-state index >= 15 is 0 Å². The Hall–Kier alpha value is -2.82. The van der Waals surface area contributed by atoms with E-state index in [0.717, 1.165) is 11.3 Å². The van der Waals surface area contributed by atoms with Gasteiger partial charge in [0.05, 0.1) is 11.9 Å². The lowest BCUT2D eigenvalue weighted by atomic mass is 10.2. The van der Waals surface area contributed by atoms with Gasteiger partial charge in [0.1, 0.15) is 5.75 Å². The zero-order valence-corrected chi connectivity index (χ0v) is 10.7. The van der Waals surface area contributed by atoms with E-state index in [2.05, 4.69) is 10.5 Å². The molecule has 2 N–H and O–H groups in total. The van der Waals surface area contributed by atoms with Crippen molar-refractivity contribution in [1.29, 1.82) is 0 Å². The van der Waals surface area contributed by atoms with Gasteiger partial charge in [-0.05, 0) is 42.0 Å². The summed E-state index contributed by atoms with van der Waals surface area (Å²) in [6.45, 7) is -0.344. The zero-order chi connectivity index (χ0) is 14.2. The Bertz CT molecular complexity index is 580. The van der Waals surface area contributed by atoms with Crippen LogP contribution >= 0.6 is 0 Å². The van der Waals surface area contributed by atoms with Crippen molar-refractivity contribution in [1.82, 2.24) is 0 Å². The second-order valence-corrected chi connectivity index (χ2v) is 3.99. The van der Waals surface area contributed by atoms with Gasteiger partial charge in [-0.25, -0.2) is 4.79 Å². The fourth-order valence-electron chi connectivity index (χ4n) is 1.49. The summed E-state index contributed by atoms with van der Waals surface area (Å²) in [6, 6.07) is 16.6. The summed E-state index contributed by atoms with van der Waals surface area (Å²) in [5.74, 6) is -0.483. The molecule has 0 atom stereocenters. The first kappa shape index (κ1) is 13.6.